The highest BCUT2D eigenvalue weighted by Crippen LogP contribution is 2.24. The predicted octanol–water partition coefficient (Wildman–Crippen LogP) is 1.86. The Balaban J connectivity index is 1.61. The first-order valence-electron chi connectivity index (χ1n) is 7.56. The van der Waals surface area contributed by atoms with Crippen LogP contribution in [0.15, 0.2) is 24.3 Å². The van der Waals surface area contributed by atoms with Crippen LogP contribution in [-0.4, -0.2) is 54.4 Å². The van der Waals surface area contributed by atoms with Crippen molar-refractivity contribution in [2.45, 2.75) is 18.9 Å². The van der Waals surface area contributed by atoms with Gasteiger partial charge in [0.15, 0.2) is 0 Å². The Morgan fingerprint density at radius 2 is 2.05 bits per heavy atom. The van der Waals surface area contributed by atoms with E-state index in [-0.39, 0.29) is 24.5 Å². The monoisotopic (exact) mass is 322 g/mol. The minimum atomic E-state index is -0.135. The summed E-state index contributed by atoms with van der Waals surface area (Å²) in [5, 5.41) is 0.681. The van der Waals surface area contributed by atoms with Gasteiger partial charge in [-0.3, -0.25) is 9.59 Å². The van der Waals surface area contributed by atoms with Gasteiger partial charge in [0.25, 0.3) is 0 Å². The molecule has 6 heteroatoms. The van der Waals surface area contributed by atoms with Crippen molar-refractivity contribution in [1.82, 2.24) is 9.80 Å². The first-order valence-corrected chi connectivity index (χ1v) is 7.94. The van der Waals surface area contributed by atoms with Gasteiger partial charge >= 0.3 is 0 Å². The molecular formula is C16H19ClN2O3. The van der Waals surface area contributed by atoms with Crippen molar-refractivity contribution >= 4 is 23.4 Å². The van der Waals surface area contributed by atoms with E-state index in [2.05, 4.69) is 0 Å². The molecule has 118 valence electrons. The van der Waals surface area contributed by atoms with Gasteiger partial charge in [0.05, 0.1) is 19.7 Å². The quantitative estimate of drug-likeness (QED) is 0.853. The number of ether oxygens (including phenoxy) is 1. The third-order valence-electron chi connectivity index (χ3n) is 4.16. The third kappa shape index (κ3) is 3.42. The van der Waals surface area contributed by atoms with E-state index in [1.807, 2.05) is 24.3 Å². The molecule has 0 aliphatic carbocycles. The number of amides is 2. The van der Waals surface area contributed by atoms with Crippen LogP contribution >= 0.6 is 11.6 Å². The molecule has 0 aromatic heterocycles. The van der Waals surface area contributed by atoms with E-state index < -0.39 is 0 Å². The molecule has 0 bridgehead atoms. The summed E-state index contributed by atoms with van der Waals surface area (Å²) in [5.74, 6) is 0.0772. The van der Waals surface area contributed by atoms with Crippen molar-refractivity contribution in [3.05, 3.63) is 34.9 Å². The predicted molar refractivity (Wildman–Crippen MR) is 82.5 cm³/mol. The van der Waals surface area contributed by atoms with E-state index in [9.17, 15) is 9.59 Å². The zero-order chi connectivity index (χ0) is 15.5. The highest BCUT2D eigenvalue weighted by molar-refractivity contribution is 6.30. The van der Waals surface area contributed by atoms with Crippen LogP contribution in [0.2, 0.25) is 5.02 Å². The van der Waals surface area contributed by atoms with Crippen LogP contribution in [0.3, 0.4) is 0 Å². The molecule has 0 N–H and O–H groups in total. The maximum Gasteiger partial charge on any atom is 0.242 e. The number of benzene rings is 1. The molecule has 22 heavy (non-hydrogen) atoms. The number of nitrogens with zero attached hydrogens (tertiary/aromatic N) is 2. The van der Waals surface area contributed by atoms with Crippen molar-refractivity contribution in [3.8, 4) is 0 Å². The molecule has 0 radical (unpaired) electrons. The molecule has 3 rings (SSSR count). The number of carbonyl (C=O) groups is 2. The molecule has 1 aromatic carbocycles. The van der Waals surface area contributed by atoms with Crippen LogP contribution < -0.4 is 0 Å². The number of halogens is 1. The summed E-state index contributed by atoms with van der Waals surface area (Å²) in [7, 11) is 0. The van der Waals surface area contributed by atoms with E-state index in [4.69, 9.17) is 16.3 Å². The van der Waals surface area contributed by atoms with Crippen molar-refractivity contribution in [1.29, 1.82) is 0 Å². The van der Waals surface area contributed by atoms with Gasteiger partial charge < -0.3 is 14.5 Å². The number of carbonyl (C=O) groups excluding carboxylic acids is 2. The lowest BCUT2D eigenvalue weighted by Crippen LogP contribution is -2.46. The van der Waals surface area contributed by atoms with Crippen molar-refractivity contribution in [2.24, 2.45) is 0 Å². The Morgan fingerprint density at radius 3 is 2.73 bits per heavy atom. The van der Waals surface area contributed by atoms with Crippen molar-refractivity contribution < 1.29 is 14.3 Å². The lowest BCUT2D eigenvalue weighted by Gasteiger charge is -2.34. The van der Waals surface area contributed by atoms with Crippen molar-refractivity contribution in [2.75, 3.05) is 32.8 Å². The molecule has 2 heterocycles. The lowest BCUT2D eigenvalue weighted by molar-refractivity contribution is -0.143. The van der Waals surface area contributed by atoms with Crippen LogP contribution in [-0.2, 0) is 14.3 Å². The molecule has 0 saturated carbocycles. The molecular weight excluding hydrogens is 304 g/mol. The number of morpholine rings is 1. The zero-order valence-electron chi connectivity index (χ0n) is 12.3. The zero-order valence-corrected chi connectivity index (χ0v) is 13.1. The molecule has 1 aromatic rings. The summed E-state index contributed by atoms with van der Waals surface area (Å²) in [6, 6.07) is 7.49. The first kappa shape index (κ1) is 15.3. The molecule has 2 fully saturated rings. The van der Waals surface area contributed by atoms with Gasteiger partial charge in [0.1, 0.15) is 6.10 Å². The average Bonchev–Trinajstić information content (AvgIpc) is 2.93. The smallest absolute Gasteiger partial charge is 0.242 e. The minimum absolute atomic E-state index is 0.00230. The summed E-state index contributed by atoms with van der Waals surface area (Å²) < 4.78 is 5.76. The van der Waals surface area contributed by atoms with Gasteiger partial charge in [-0.05, 0) is 24.1 Å². The maximum absolute atomic E-state index is 12.4. The van der Waals surface area contributed by atoms with Crippen LogP contribution in [0.4, 0.5) is 0 Å². The molecule has 2 aliphatic heterocycles. The lowest BCUT2D eigenvalue weighted by atomic mass is 10.1. The average molecular weight is 323 g/mol. The Morgan fingerprint density at radius 1 is 1.27 bits per heavy atom. The molecule has 2 aliphatic rings. The molecule has 5 nitrogen and oxygen atoms in total. The maximum atomic E-state index is 12.4. The number of hydrogen-bond acceptors (Lipinski definition) is 3. The minimum Gasteiger partial charge on any atom is -0.370 e. The van der Waals surface area contributed by atoms with Crippen LogP contribution in [0.5, 0.6) is 0 Å². The summed E-state index contributed by atoms with van der Waals surface area (Å²) in [4.78, 5) is 27.4. The Labute approximate surface area is 134 Å². The number of rotatable bonds is 3. The van der Waals surface area contributed by atoms with E-state index >= 15 is 0 Å². The van der Waals surface area contributed by atoms with Crippen LogP contribution in [0.1, 0.15) is 24.5 Å². The second-order valence-corrected chi connectivity index (χ2v) is 6.11. The SMILES string of the molecule is O=C1CCCN1CC(=O)N1CCOC(c2ccc(Cl)cc2)C1. The first-order chi connectivity index (χ1) is 10.6. The molecule has 2 amide bonds. The van der Waals surface area contributed by atoms with Gasteiger partial charge in [0, 0.05) is 24.5 Å². The Hall–Kier alpha value is -1.59. The van der Waals surface area contributed by atoms with Gasteiger partial charge in [0.2, 0.25) is 11.8 Å². The van der Waals surface area contributed by atoms with Gasteiger partial charge in [-0.25, -0.2) is 0 Å². The van der Waals surface area contributed by atoms with E-state index in [1.54, 1.807) is 9.80 Å². The third-order valence-corrected chi connectivity index (χ3v) is 4.41. The number of hydrogen-bond donors (Lipinski definition) is 0. The summed E-state index contributed by atoms with van der Waals surface area (Å²) in [6.07, 6.45) is 1.27. The van der Waals surface area contributed by atoms with E-state index in [0.29, 0.717) is 37.7 Å². The second-order valence-electron chi connectivity index (χ2n) is 5.67. The molecule has 2 saturated heterocycles. The highest BCUT2D eigenvalue weighted by atomic mass is 35.5. The fourth-order valence-corrected chi connectivity index (χ4v) is 3.02. The van der Waals surface area contributed by atoms with Gasteiger partial charge in [-0.2, -0.15) is 0 Å². The topological polar surface area (TPSA) is 49.9 Å². The van der Waals surface area contributed by atoms with Crippen LogP contribution in [0, 0.1) is 0 Å². The van der Waals surface area contributed by atoms with E-state index in [0.717, 1.165) is 12.0 Å². The largest absolute Gasteiger partial charge is 0.370 e. The summed E-state index contributed by atoms with van der Waals surface area (Å²) >= 11 is 5.90. The van der Waals surface area contributed by atoms with Crippen molar-refractivity contribution in [3.63, 3.8) is 0 Å². The Bertz CT molecular complexity index is 561. The van der Waals surface area contributed by atoms with Crippen LogP contribution in [0.25, 0.3) is 0 Å². The van der Waals surface area contributed by atoms with E-state index in [1.165, 1.54) is 0 Å². The standard InChI is InChI=1S/C16H19ClN2O3/c17-13-5-3-12(4-6-13)14-10-19(8-9-22-14)16(21)11-18-7-1-2-15(18)20/h3-6,14H,1-2,7-11H2. The number of likely N-dealkylation sites (tertiary alicyclic amines) is 1. The Kier molecular flexibility index (Phi) is 4.64. The van der Waals surface area contributed by atoms with Gasteiger partial charge in [-0.1, -0.05) is 23.7 Å². The summed E-state index contributed by atoms with van der Waals surface area (Å²) in [5.41, 5.74) is 1.01. The second kappa shape index (κ2) is 6.67. The molecule has 0 spiro atoms. The molecule has 1 unspecified atom stereocenters. The fraction of sp³-hybridized carbons (Fsp3) is 0.500. The highest BCUT2D eigenvalue weighted by Gasteiger charge is 2.29. The summed E-state index contributed by atoms with van der Waals surface area (Å²) in [6.45, 7) is 2.47. The molecule has 1 atom stereocenters. The normalized spacial score (nSPS) is 22.2. The fourth-order valence-electron chi connectivity index (χ4n) is 2.89. The van der Waals surface area contributed by atoms with Gasteiger partial charge in [-0.15, -0.1) is 0 Å².